The second kappa shape index (κ2) is 6.83. The zero-order valence-corrected chi connectivity index (χ0v) is 13.7. The Morgan fingerprint density at radius 2 is 2.08 bits per heavy atom. The summed E-state index contributed by atoms with van der Waals surface area (Å²) in [5, 5.41) is 24.8. The fourth-order valence-corrected chi connectivity index (χ4v) is 3.17. The SMILES string of the molecule is O=C1C=C(Nc2cc(-c3cccs3)ccc2[N+](=O)[O-])C(=O)N1CCO. The first-order valence-corrected chi connectivity index (χ1v) is 8.17. The van der Waals surface area contributed by atoms with E-state index in [1.54, 1.807) is 12.1 Å². The van der Waals surface area contributed by atoms with Crippen molar-refractivity contribution in [2.45, 2.75) is 0 Å². The van der Waals surface area contributed by atoms with Crippen LogP contribution in [0.3, 0.4) is 0 Å². The van der Waals surface area contributed by atoms with E-state index in [2.05, 4.69) is 5.32 Å². The van der Waals surface area contributed by atoms with Gasteiger partial charge in [-0.1, -0.05) is 6.07 Å². The molecule has 0 saturated carbocycles. The monoisotopic (exact) mass is 359 g/mol. The molecule has 0 bridgehead atoms. The van der Waals surface area contributed by atoms with Crippen LogP contribution in [0.4, 0.5) is 11.4 Å². The van der Waals surface area contributed by atoms with Gasteiger partial charge in [-0.15, -0.1) is 11.3 Å². The van der Waals surface area contributed by atoms with E-state index in [0.717, 1.165) is 21.4 Å². The maximum Gasteiger partial charge on any atom is 0.292 e. The average Bonchev–Trinajstić information content (AvgIpc) is 3.20. The molecule has 9 heteroatoms. The van der Waals surface area contributed by atoms with Gasteiger partial charge in [-0.2, -0.15) is 0 Å². The minimum Gasteiger partial charge on any atom is -0.395 e. The molecule has 2 aromatic rings. The highest BCUT2D eigenvalue weighted by molar-refractivity contribution is 7.13. The highest BCUT2D eigenvalue weighted by Crippen LogP contribution is 2.33. The van der Waals surface area contributed by atoms with Crippen LogP contribution in [0, 0.1) is 10.1 Å². The number of aliphatic hydroxyl groups excluding tert-OH is 1. The number of nitro benzene ring substituents is 1. The van der Waals surface area contributed by atoms with Crippen molar-refractivity contribution in [3.63, 3.8) is 0 Å². The van der Waals surface area contributed by atoms with E-state index >= 15 is 0 Å². The molecule has 25 heavy (non-hydrogen) atoms. The molecular formula is C16H13N3O5S. The van der Waals surface area contributed by atoms with Gasteiger partial charge >= 0.3 is 0 Å². The van der Waals surface area contributed by atoms with Crippen molar-refractivity contribution in [2.24, 2.45) is 0 Å². The number of hydrogen-bond donors (Lipinski definition) is 2. The summed E-state index contributed by atoms with van der Waals surface area (Å²) in [6.45, 7) is -0.483. The Hall–Kier alpha value is -3.04. The normalized spacial score (nSPS) is 14.0. The molecule has 128 valence electrons. The van der Waals surface area contributed by atoms with Gasteiger partial charge in [0.15, 0.2) is 0 Å². The van der Waals surface area contributed by atoms with E-state index in [1.165, 1.54) is 17.4 Å². The van der Waals surface area contributed by atoms with Crippen molar-refractivity contribution >= 4 is 34.5 Å². The summed E-state index contributed by atoms with van der Waals surface area (Å²) < 4.78 is 0. The number of hydrogen-bond acceptors (Lipinski definition) is 7. The predicted octanol–water partition coefficient (Wildman–Crippen LogP) is 1.98. The molecule has 1 aromatic carbocycles. The summed E-state index contributed by atoms with van der Waals surface area (Å²) in [5.41, 5.74) is 0.605. The van der Waals surface area contributed by atoms with Gasteiger partial charge in [-0.3, -0.25) is 24.6 Å². The molecule has 2 heterocycles. The Morgan fingerprint density at radius 3 is 2.72 bits per heavy atom. The lowest BCUT2D eigenvalue weighted by Gasteiger charge is -2.13. The highest BCUT2D eigenvalue weighted by Gasteiger charge is 2.31. The molecular weight excluding hydrogens is 346 g/mol. The molecule has 8 nitrogen and oxygen atoms in total. The summed E-state index contributed by atoms with van der Waals surface area (Å²) >= 11 is 1.48. The van der Waals surface area contributed by atoms with Crippen LogP contribution < -0.4 is 5.32 Å². The average molecular weight is 359 g/mol. The number of nitrogens with zero attached hydrogens (tertiary/aromatic N) is 2. The van der Waals surface area contributed by atoms with E-state index in [9.17, 15) is 19.7 Å². The molecule has 0 unspecified atom stereocenters. The Bertz CT molecular complexity index is 876. The topological polar surface area (TPSA) is 113 Å². The lowest BCUT2D eigenvalue weighted by molar-refractivity contribution is -0.383. The maximum absolute atomic E-state index is 12.2. The highest BCUT2D eigenvalue weighted by atomic mass is 32.1. The predicted molar refractivity (Wildman–Crippen MR) is 91.9 cm³/mol. The van der Waals surface area contributed by atoms with Gasteiger partial charge < -0.3 is 10.4 Å². The van der Waals surface area contributed by atoms with Gasteiger partial charge in [0.1, 0.15) is 11.4 Å². The molecule has 0 spiro atoms. The van der Waals surface area contributed by atoms with Crippen LogP contribution in [0.5, 0.6) is 0 Å². The third kappa shape index (κ3) is 3.28. The number of anilines is 1. The number of thiophene rings is 1. The number of rotatable bonds is 6. The molecule has 2 amide bonds. The number of nitro groups is 1. The minimum atomic E-state index is -0.630. The molecule has 2 N–H and O–H groups in total. The fourth-order valence-electron chi connectivity index (χ4n) is 2.45. The number of carbonyl (C=O) groups is 2. The van der Waals surface area contributed by atoms with Crippen molar-refractivity contribution in [1.29, 1.82) is 0 Å². The Labute approximate surface area is 146 Å². The number of aliphatic hydroxyl groups is 1. The Kier molecular flexibility index (Phi) is 4.59. The largest absolute Gasteiger partial charge is 0.395 e. The van der Waals surface area contributed by atoms with Gasteiger partial charge in [0, 0.05) is 17.0 Å². The Morgan fingerprint density at radius 1 is 1.28 bits per heavy atom. The van der Waals surface area contributed by atoms with Crippen molar-refractivity contribution in [3.05, 3.63) is 57.6 Å². The molecule has 0 fully saturated rings. The second-order valence-electron chi connectivity index (χ2n) is 5.17. The van der Waals surface area contributed by atoms with Gasteiger partial charge in [-0.05, 0) is 29.1 Å². The first-order chi connectivity index (χ1) is 12.0. The molecule has 1 aliphatic rings. The fraction of sp³-hybridized carbons (Fsp3) is 0.125. The van der Waals surface area contributed by atoms with E-state index in [0.29, 0.717) is 0 Å². The van der Waals surface area contributed by atoms with Gasteiger partial charge in [0.25, 0.3) is 17.5 Å². The molecule has 0 atom stereocenters. The summed E-state index contributed by atoms with van der Waals surface area (Å²) in [4.78, 5) is 36.5. The first kappa shape index (κ1) is 16.8. The van der Waals surface area contributed by atoms with Gasteiger partial charge in [-0.25, -0.2) is 0 Å². The summed E-state index contributed by atoms with van der Waals surface area (Å²) in [6, 6.07) is 8.29. The molecule has 3 rings (SSSR count). The number of amides is 2. The van der Waals surface area contributed by atoms with Crippen LogP contribution in [0.15, 0.2) is 47.5 Å². The number of carbonyl (C=O) groups excluding carboxylic acids is 2. The van der Waals surface area contributed by atoms with Crippen molar-refractivity contribution in [3.8, 4) is 10.4 Å². The number of benzene rings is 1. The lowest BCUT2D eigenvalue weighted by atomic mass is 10.1. The van der Waals surface area contributed by atoms with Crippen LogP contribution in [-0.4, -0.2) is 39.9 Å². The summed E-state index contributed by atoms with van der Waals surface area (Å²) in [7, 11) is 0. The minimum absolute atomic E-state index is 0.0649. The van der Waals surface area contributed by atoms with Crippen LogP contribution in [0.25, 0.3) is 10.4 Å². The van der Waals surface area contributed by atoms with Crippen LogP contribution in [0.1, 0.15) is 0 Å². The molecule has 0 saturated heterocycles. The van der Waals surface area contributed by atoms with Crippen LogP contribution in [0.2, 0.25) is 0 Å². The van der Waals surface area contributed by atoms with Gasteiger partial charge in [0.05, 0.1) is 18.1 Å². The third-order valence-electron chi connectivity index (χ3n) is 3.60. The van der Waals surface area contributed by atoms with E-state index in [1.807, 2.05) is 17.5 Å². The quantitative estimate of drug-likeness (QED) is 0.463. The molecule has 0 aliphatic carbocycles. The van der Waals surface area contributed by atoms with Crippen molar-refractivity contribution in [2.75, 3.05) is 18.5 Å². The second-order valence-corrected chi connectivity index (χ2v) is 6.12. The van der Waals surface area contributed by atoms with Crippen LogP contribution >= 0.6 is 11.3 Å². The zero-order valence-electron chi connectivity index (χ0n) is 12.8. The van der Waals surface area contributed by atoms with Crippen molar-refractivity contribution in [1.82, 2.24) is 4.90 Å². The number of β-amino-alcohol motifs (C(OH)–C–C–N with tert-alkyl or cyclic N) is 1. The van der Waals surface area contributed by atoms with Gasteiger partial charge in [0.2, 0.25) is 0 Å². The third-order valence-corrected chi connectivity index (χ3v) is 4.52. The van der Waals surface area contributed by atoms with Crippen LogP contribution in [-0.2, 0) is 9.59 Å². The summed E-state index contributed by atoms with van der Waals surface area (Å²) in [5.74, 6) is -1.20. The standard InChI is InChI=1S/C16H13N3O5S/c20-6-5-18-15(21)9-12(16(18)22)17-11-8-10(14-2-1-7-25-14)3-4-13(11)19(23)24/h1-4,7-9,17,20H,5-6H2. The van der Waals surface area contributed by atoms with E-state index < -0.39 is 16.7 Å². The summed E-state index contributed by atoms with van der Waals surface area (Å²) in [6.07, 6.45) is 1.07. The van der Waals surface area contributed by atoms with Crippen molar-refractivity contribution < 1.29 is 19.6 Å². The lowest BCUT2D eigenvalue weighted by Crippen LogP contribution is -2.34. The molecule has 0 radical (unpaired) electrons. The zero-order chi connectivity index (χ0) is 18.0. The molecule has 1 aliphatic heterocycles. The van der Waals surface area contributed by atoms with E-state index in [4.69, 9.17) is 5.11 Å². The number of imide groups is 1. The smallest absolute Gasteiger partial charge is 0.292 e. The van der Waals surface area contributed by atoms with E-state index in [-0.39, 0.29) is 30.2 Å². The maximum atomic E-state index is 12.2. The Balaban J connectivity index is 1.95. The molecule has 1 aromatic heterocycles. The number of nitrogens with one attached hydrogen (secondary N) is 1. The first-order valence-electron chi connectivity index (χ1n) is 7.29.